The Hall–Kier alpha value is -2.87. The topological polar surface area (TPSA) is 105 Å². The van der Waals surface area contributed by atoms with Gasteiger partial charge in [-0.1, -0.05) is 13.0 Å². The molecule has 2 amide bonds. The number of rotatable bonds is 5. The highest BCUT2D eigenvalue weighted by Gasteiger charge is 2.14. The molecule has 0 aliphatic rings. The van der Waals surface area contributed by atoms with E-state index in [4.69, 9.17) is 4.74 Å². The molecule has 2 rings (SSSR count). The molecule has 0 atom stereocenters. The summed E-state index contributed by atoms with van der Waals surface area (Å²) >= 11 is 1.36. The third kappa shape index (κ3) is 4.82. The summed E-state index contributed by atoms with van der Waals surface area (Å²) in [4.78, 5) is 37.2. The van der Waals surface area contributed by atoms with E-state index >= 15 is 0 Å². The Morgan fingerprint density at radius 1 is 1.12 bits per heavy atom. The first-order valence-electron chi connectivity index (χ1n) is 7.97. The molecule has 1 aromatic heterocycles. The molecule has 0 aliphatic heterocycles. The Morgan fingerprint density at radius 2 is 1.85 bits per heavy atom. The molecule has 1 aromatic carbocycles. The van der Waals surface area contributed by atoms with Crippen LogP contribution in [0.25, 0.3) is 0 Å². The van der Waals surface area contributed by atoms with Crippen LogP contribution in [-0.4, -0.2) is 29.5 Å². The van der Waals surface area contributed by atoms with Crippen LogP contribution in [0.3, 0.4) is 0 Å². The van der Waals surface area contributed by atoms with Crippen molar-refractivity contribution < 1.29 is 24.2 Å². The Bertz CT molecular complexity index is 844. The van der Waals surface area contributed by atoms with Crippen molar-refractivity contribution in [1.29, 1.82) is 0 Å². The van der Waals surface area contributed by atoms with Gasteiger partial charge in [0.1, 0.15) is 5.75 Å². The van der Waals surface area contributed by atoms with Crippen LogP contribution < -0.4 is 10.9 Å². The third-order valence-corrected chi connectivity index (χ3v) is 5.04. The average molecular weight is 376 g/mol. The molecule has 1 heterocycles. The van der Waals surface area contributed by atoms with E-state index < -0.39 is 24.4 Å². The first-order chi connectivity index (χ1) is 12.3. The van der Waals surface area contributed by atoms with E-state index in [1.54, 1.807) is 19.1 Å². The number of carbonyl (C=O) groups excluding carboxylic acids is 3. The average Bonchev–Trinajstić information content (AvgIpc) is 3.00. The highest BCUT2D eigenvalue weighted by atomic mass is 32.1. The molecule has 0 fully saturated rings. The van der Waals surface area contributed by atoms with Crippen molar-refractivity contribution in [3.63, 3.8) is 0 Å². The van der Waals surface area contributed by atoms with Gasteiger partial charge in [0.25, 0.3) is 11.8 Å². The lowest BCUT2D eigenvalue weighted by Crippen LogP contribution is -2.43. The number of benzene rings is 1. The zero-order chi connectivity index (χ0) is 19.3. The molecule has 8 heteroatoms. The first-order valence-corrected chi connectivity index (χ1v) is 8.78. The van der Waals surface area contributed by atoms with E-state index in [1.807, 2.05) is 13.8 Å². The SMILES string of the molecule is CCc1sc(C(=O)NNC(=O)COC(=O)c2ccc(C)c(O)c2)cc1C. The third-order valence-electron chi connectivity index (χ3n) is 3.66. The number of esters is 1. The van der Waals surface area contributed by atoms with Gasteiger partial charge in [-0.3, -0.25) is 20.4 Å². The fourth-order valence-corrected chi connectivity index (χ4v) is 3.17. The predicted molar refractivity (Wildman–Crippen MR) is 97.2 cm³/mol. The molecule has 0 aliphatic carbocycles. The maximum atomic E-state index is 12.0. The van der Waals surface area contributed by atoms with E-state index in [0.29, 0.717) is 10.4 Å². The summed E-state index contributed by atoms with van der Waals surface area (Å²) in [6.07, 6.45) is 0.834. The molecule has 0 saturated carbocycles. The van der Waals surface area contributed by atoms with Gasteiger partial charge in [-0.15, -0.1) is 11.3 Å². The maximum Gasteiger partial charge on any atom is 0.338 e. The number of phenolic OH excluding ortho intramolecular Hbond substituents is 1. The number of aromatic hydroxyl groups is 1. The van der Waals surface area contributed by atoms with E-state index in [0.717, 1.165) is 16.9 Å². The van der Waals surface area contributed by atoms with Gasteiger partial charge in [-0.25, -0.2) is 4.79 Å². The first kappa shape index (κ1) is 19.5. The van der Waals surface area contributed by atoms with Gasteiger partial charge in [0, 0.05) is 4.88 Å². The number of hydrogen-bond donors (Lipinski definition) is 3. The molecule has 2 aromatic rings. The van der Waals surface area contributed by atoms with Crippen molar-refractivity contribution in [2.45, 2.75) is 27.2 Å². The highest BCUT2D eigenvalue weighted by Crippen LogP contribution is 2.22. The molecule has 3 N–H and O–H groups in total. The van der Waals surface area contributed by atoms with E-state index in [1.165, 1.54) is 23.5 Å². The van der Waals surface area contributed by atoms with Crippen LogP contribution in [0.4, 0.5) is 0 Å². The monoisotopic (exact) mass is 376 g/mol. The zero-order valence-corrected chi connectivity index (χ0v) is 15.5. The van der Waals surface area contributed by atoms with Crippen LogP contribution in [0.1, 0.15) is 43.0 Å². The molecule has 138 valence electrons. The predicted octanol–water partition coefficient (Wildman–Crippen LogP) is 2.25. The van der Waals surface area contributed by atoms with Crippen LogP contribution in [-0.2, 0) is 16.0 Å². The molecule has 0 bridgehead atoms. The van der Waals surface area contributed by atoms with Gasteiger partial charge in [0.05, 0.1) is 10.4 Å². The summed E-state index contributed by atoms with van der Waals surface area (Å²) in [6.45, 7) is 5.06. The smallest absolute Gasteiger partial charge is 0.338 e. The lowest BCUT2D eigenvalue weighted by atomic mass is 10.1. The number of ether oxygens (including phenoxy) is 1. The van der Waals surface area contributed by atoms with Gasteiger partial charge in [-0.2, -0.15) is 0 Å². The number of phenols is 1. The fourth-order valence-electron chi connectivity index (χ4n) is 2.16. The van der Waals surface area contributed by atoms with E-state index in [9.17, 15) is 19.5 Å². The Labute approximate surface area is 155 Å². The zero-order valence-electron chi connectivity index (χ0n) is 14.7. The molecule has 26 heavy (non-hydrogen) atoms. The fraction of sp³-hybridized carbons (Fsp3) is 0.278. The molecular weight excluding hydrogens is 356 g/mol. The number of hydrazine groups is 1. The second kappa shape index (κ2) is 8.48. The van der Waals surface area contributed by atoms with Crippen LogP contribution >= 0.6 is 11.3 Å². The van der Waals surface area contributed by atoms with Crippen molar-refractivity contribution in [1.82, 2.24) is 10.9 Å². The lowest BCUT2D eigenvalue weighted by Gasteiger charge is -2.08. The van der Waals surface area contributed by atoms with Gasteiger partial charge in [-0.05, 0) is 49.6 Å². The second-order valence-corrected chi connectivity index (χ2v) is 6.79. The molecule has 0 radical (unpaired) electrons. The van der Waals surface area contributed by atoms with E-state index in [2.05, 4.69) is 10.9 Å². The van der Waals surface area contributed by atoms with Crippen LogP contribution in [0.2, 0.25) is 0 Å². The van der Waals surface area contributed by atoms with E-state index in [-0.39, 0.29) is 11.3 Å². The van der Waals surface area contributed by atoms with Crippen molar-refractivity contribution >= 4 is 29.1 Å². The second-order valence-electron chi connectivity index (χ2n) is 5.65. The number of aryl methyl sites for hydroxylation is 3. The normalized spacial score (nSPS) is 10.3. The highest BCUT2D eigenvalue weighted by molar-refractivity contribution is 7.14. The Morgan fingerprint density at radius 3 is 2.46 bits per heavy atom. The minimum Gasteiger partial charge on any atom is -0.508 e. The van der Waals surface area contributed by atoms with Gasteiger partial charge >= 0.3 is 5.97 Å². The van der Waals surface area contributed by atoms with Crippen LogP contribution in [0.15, 0.2) is 24.3 Å². The quantitative estimate of drug-likeness (QED) is 0.548. The number of nitrogens with one attached hydrogen (secondary N) is 2. The Balaban J connectivity index is 1.81. The summed E-state index contributed by atoms with van der Waals surface area (Å²) in [5.41, 5.74) is 6.27. The summed E-state index contributed by atoms with van der Waals surface area (Å²) in [7, 11) is 0. The largest absolute Gasteiger partial charge is 0.508 e. The van der Waals surface area contributed by atoms with Crippen molar-refractivity contribution in [3.05, 3.63) is 50.7 Å². The van der Waals surface area contributed by atoms with Crippen molar-refractivity contribution in [2.75, 3.05) is 6.61 Å². The summed E-state index contributed by atoms with van der Waals surface area (Å²) in [6, 6.07) is 6.08. The van der Waals surface area contributed by atoms with Crippen molar-refractivity contribution in [3.8, 4) is 5.75 Å². The molecule has 0 unspecified atom stereocenters. The number of hydrogen-bond acceptors (Lipinski definition) is 6. The standard InChI is InChI=1S/C18H20N2O5S/c1-4-14-11(3)7-15(26-14)17(23)20-19-16(22)9-25-18(24)12-6-5-10(2)13(21)8-12/h5-8,21H,4,9H2,1-3H3,(H,19,22)(H,20,23). The molecular formula is C18H20N2O5S. The van der Waals surface area contributed by atoms with Gasteiger partial charge in [0.2, 0.25) is 0 Å². The van der Waals surface area contributed by atoms with Crippen LogP contribution in [0.5, 0.6) is 5.75 Å². The van der Waals surface area contributed by atoms with Gasteiger partial charge in [0.15, 0.2) is 6.61 Å². The van der Waals surface area contributed by atoms with Crippen LogP contribution in [0, 0.1) is 13.8 Å². The number of carbonyl (C=O) groups is 3. The van der Waals surface area contributed by atoms with Crippen molar-refractivity contribution in [2.24, 2.45) is 0 Å². The summed E-state index contributed by atoms with van der Waals surface area (Å²) < 4.78 is 4.85. The molecule has 0 spiro atoms. The summed E-state index contributed by atoms with van der Waals surface area (Å²) in [5.74, 6) is -1.88. The minimum atomic E-state index is -0.747. The number of thiophene rings is 1. The summed E-state index contributed by atoms with van der Waals surface area (Å²) in [5, 5.41) is 9.59. The maximum absolute atomic E-state index is 12.0. The Kier molecular flexibility index (Phi) is 6.35. The van der Waals surface area contributed by atoms with Gasteiger partial charge < -0.3 is 9.84 Å². The molecule has 7 nitrogen and oxygen atoms in total. The lowest BCUT2D eigenvalue weighted by molar-refractivity contribution is -0.125. The minimum absolute atomic E-state index is 0.0335. The molecule has 0 saturated heterocycles. The number of amides is 2.